The fourth-order valence-corrected chi connectivity index (χ4v) is 2.76. The number of fused-ring (bicyclic) bond motifs is 1. The topological polar surface area (TPSA) is 97.9 Å². The van der Waals surface area contributed by atoms with Gasteiger partial charge >= 0.3 is 0 Å². The molecule has 0 spiro atoms. The molecule has 5 N–H and O–H groups in total. The maximum absolute atomic E-state index is 10.0. The summed E-state index contributed by atoms with van der Waals surface area (Å²) in [5.74, 6) is 0.488. The van der Waals surface area contributed by atoms with E-state index in [1.807, 2.05) is 39.5 Å². The third kappa shape index (κ3) is 2.40. The molecule has 120 valence electrons. The lowest BCUT2D eigenvalue weighted by atomic mass is 10.0. The molecule has 0 unspecified atom stereocenters. The molecule has 1 aromatic carbocycles. The van der Waals surface area contributed by atoms with Gasteiger partial charge in [0.25, 0.3) is 0 Å². The molecule has 3 aromatic rings. The summed E-state index contributed by atoms with van der Waals surface area (Å²) in [7, 11) is 5.64. The fourth-order valence-electron chi connectivity index (χ4n) is 2.76. The number of aromatic nitrogens is 3. The number of nitrogens with zero attached hydrogens (tertiary/aromatic N) is 2. The molecule has 0 saturated carbocycles. The van der Waals surface area contributed by atoms with Crippen LogP contribution in [-0.4, -0.2) is 41.2 Å². The summed E-state index contributed by atoms with van der Waals surface area (Å²) in [6.07, 6.45) is 1.84. The van der Waals surface area contributed by atoms with Gasteiger partial charge in [-0.15, -0.1) is 0 Å². The van der Waals surface area contributed by atoms with Crippen LogP contribution >= 0.6 is 0 Å². The number of hydrogen-bond donors (Lipinski definition) is 5. The summed E-state index contributed by atoms with van der Waals surface area (Å²) in [6.45, 7) is 1.76. The van der Waals surface area contributed by atoms with E-state index in [1.54, 1.807) is 6.92 Å². The number of nitrogens with one attached hydrogen (secondary N) is 4. The minimum absolute atomic E-state index is 0.0392. The van der Waals surface area contributed by atoms with E-state index in [1.165, 1.54) is 0 Å². The third-order valence-corrected chi connectivity index (χ3v) is 3.85. The molecule has 0 radical (unpaired) electrons. The summed E-state index contributed by atoms with van der Waals surface area (Å²) in [4.78, 5) is 11.6. The Bertz CT molecular complexity index is 845. The van der Waals surface area contributed by atoms with Crippen LogP contribution in [0.4, 0.5) is 17.1 Å². The lowest BCUT2D eigenvalue weighted by molar-refractivity contribution is 0.456. The van der Waals surface area contributed by atoms with Gasteiger partial charge in [0.1, 0.15) is 16.9 Å². The molecule has 23 heavy (non-hydrogen) atoms. The Kier molecular flexibility index (Phi) is 3.69. The highest BCUT2D eigenvalue weighted by atomic mass is 16.3. The van der Waals surface area contributed by atoms with Gasteiger partial charge in [-0.05, 0) is 19.1 Å². The molecule has 0 aliphatic rings. The lowest BCUT2D eigenvalue weighted by Crippen LogP contribution is -2.01. The van der Waals surface area contributed by atoms with Gasteiger partial charge in [0.15, 0.2) is 0 Å². The second-order valence-corrected chi connectivity index (χ2v) is 5.22. The molecule has 0 aliphatic heterocycles. The predicted octanol–water partition coefficient (Wildman–Crippen LogP) is 2.76. The molecule has 2 aromatic heterocycles. The molecule has 0 amide bonds. The van der Waals surface area contributed by atoms with Gasteiger partial charge in [0, 0.05) is 55.5 Å². The maximum Gasteiger partial charge on any atom is 0.239 e. The zero-order valence-electron chi connectivity index (χ0n) is 13.6. The molecule has 3 rings (SSSR count). The van der Waals surface area contributed by atoms with Crippen molar-refractivity contribution in [1.82, 2.24) is 15.0 Å². The molecule has 7 nitrogen and oxygen atoms in total. The van der Waals surface area contributed by atoms with Crippen molar-refractivity contribution in [2.45, 2.75) is 6.92 Å². The van der Waals surface area contributed by atoms with Crippen LogP contribution in [0.1, 0.15) is 5.82 Å². The number of hydrogen-bond acceptors (Lipinski definition) is 6. The van der Waals surface area contributed by atoms with Crippen molar-refractivity contribution in [3.8, 4) is 17.0 Å². The average molecular weight is 312 g/mol. The van der Waals surface area contributed by atoms with Gasteiger partial charge < -0.3 is 26.0 Å². The first kappa shape index (κ1) is 15.0. The standard InChI is InChI=1S/C16H20N6O/c1-8-21-14-10(7-20-15(14)16(23)22-8)13-11(18-3)5-9(17-2)6-12(13)19-4/h5-7,17-20H,1-4H3,(H,21,22,23). The van der Waals surface area contributed by atoms with Crippen LogP contribution in [0.3, 0.4) is 0 Å². The van der Waals surface area contributed by atoms with Gasteiger partial charge in [0.2, 0.25) is 5.88 Å². The second-order valence-electron chi connectivity index (χ2n) is 5.22. The van der Waals surface area contributed by atoms with Crippen molar-refractivity contribution < 1.29 is 5.11 Å². The van der Waals surface area contributed by atoms with Crippen molar-refractivity contribution in [3.63, 3.8) is 0 Å². The van der Waals surface area contributed by atoms with Crippen LogP contribution in [0, 0.1) is 6.92 Å². The fraction of sp³-hybridized carbons (Fsp3) is 0.250. The number of aromatic amines is 1. The first-order chi connectivity index (χ1) is 11.1. The minimum Gasteiger partial charge on any atom is -0.492 e. The number of H-pyrrole nitrogens is 1. The second kappa shape index (κ2) is 5.68. The summed E-state index contributed by atoms with van der Waals surface area (Å²) in [6, 6.07) is 4.06. The van der Waals surface area contributed by atoms with Gasteiger partial charge in [-0.3, -0.25) is 0 Å². The first-order valence-corrected chi connectivity index (χ1v) is 7.35. The van der Waals surface area contributed by atoms with Crippen molar-refractivity contribution in [2.75, 3.05) is 37.1 Å². The highest BCUT2D eigenvalue weighted by Gasteiger charge is 2.18. The summed E-state index contributed by atoms with van der Waals surface area (Å²) < 4.78 is 0. The molecular formula is C16H20N6O. The van der Waals surface area contributed by atoms with Crippen molar-refractivity contribution >= 4 is 28.1 Å². The van der Waals surface area contributed by atoms with Gasteiger partial charge in [-0.25, -0.2) is 4.98 Å². The van der Waals surface area contributed by atoms with Crippen LogP contribution in [0.25, 0.3) is 22.2 Å². The van der Waals surface area contributed by atoms with Crippen molar-refractivity contribution in [2.24, 2.45) is 0 Å². The largest absolute Gasteiger partial charge is 0.492 e. The molecule has 0 aliphatic carbocycles. The Hall–Kier alpha value is -2.96. The van der Waals surface area contributed by atoms with E-state index in [4.69, 9.17) is 0 Å². The van der Waals surface area contributed by atoms with E-state index in [0.29, 0.717) is 16.9 Å². The van der Waals surface area contributed by atoms with E-state index in [2.05, 4.69) is 30.9 Å². The van der Waals surface area contributed by atoms with E-state index in [0.717, 1.165) is 28.2 Å². The van der Waals surface area contributed by atoms with Crippen molar-refractivity contribution in [1.29, 1.82) is 0 Å². The molecule has 2 heterocycles. The predicted molar refractivity (Wildman–Crippen MR) is 94.4 cm³/mol. The van der Waals surface area contributed by atoms with Crippen molar-refractivity contribution in [3.05, 3.63) is 24.2 Å². The number of aryl methyl sites for hydroxylation is 1. The maximum atomic E-state index is 10.0. The van der Waals surface area contributed by atoms with Crippen LogP contribution in [0.2, 0.25) is 0 Å². The Balaban J connectivity index is 2.34. The smallest absolute Gasteiger partial charge is 0.239 e. The van der Waals surface area contributed by atoms with E-state index < -0.39 is 0 Å². The molecule has 7 heteroatoms. The molecule has 0 fully saturated rings. The highest BCUT2D eigenvalue weighted by Crippen LogP contribution is 2.41. The zero-order valence-corrected chi connectivity index (χ0v) is 13.6. The normalized spacial score (nSPS) is 10.8. The Morgan fingerprint density at radius 1 is 1.00 bits per heavy atom. The summed E-state index contributed by atoms with van der Waals surface area (Å²) >= 11 is 0. The van der Waals surface area contributed by atoms with E-state index in [9.17, 15) is 5.11 Å². The van der Waals surface area contributed by atoms with E-state index >= 15 is 0 Å². The number of benzene rings is 1. The van der Waals surface area contributed by atoms with Crippen LogP contribution < -0.4 is 16.0 Å². The van der Waals surface area contributed by atoms with Gasteiger partial charge in [-0.1, -0.05) is 0 Å². The minimum atomic E-state index is -0.0392. The molecule has 0 saturated heterocycles. The van der Waals surface area contributed by atoms with Gasteiger partial charge in [-0.2, -0.15) is 4.98 Å². The third-order valence-electron chi connectivity index (χ3n) is 3.85. The number of anilines is 3. The highest BCUT2D eigenvalue weighted by molar-refractivity contribution is 6.03. The summed E-state index contributed by atoms with van der Waals surface area (Å²) in [5, 5.41) is 19.6. The van der Waals surface area contributed by atoms with Crippen LogP contribution in [0.5, 0.6) is 5.88 Å². The molecule has 0 bridgehead atoms. The Morgan fingerprint density at radius 3 is 2.22 bits per heavy atom. The Labute approximate surface area is 134 Å². The zero-order chi connectivity index (χ0) is 16.6. The number of aromatic hydroxyl groups is 1. The quantitative estimate of drug-likeness (QED) is 0.508. The van der Waals surface area contributed by atoms with Gasteiger partial charge in [0.05, 0.1) is 0 Å². The molecular weight excluding hydrogens is 292 g/mol. The lowest BCUT2D eigenvalue weighted by Gasteiger charge is -2.16. The van der Waals surface area contributed by atoms with Crippen LogP contribution in [-0.2, 0) is 0 Å². The first-order valence-electron chi connectivity index (χ1n) is 7.35. The monoisotopic (exact) mass is 312 g/mol. The Morgan fingerprint density at radius 2 is 1.65 bits per heavy atom. The summed E-state index contributed by atoms with van der Waals surface area (Å²) in [5.41, 5.74) is 6.02. The molecule has 0 atom stereocenters. The van der Waals surface area contributed by atoms with Crippen LogP contribution in [0.15, 0.2) is 18.3 Å². The average Bonchev–Trinajstić information content (AvgIpc) is 2.97. The van der Waals surface area contributed by atoms with E-state index in [-0.39, 0.29) is 5.88 Å². The SMILES string of the molecule is CNc1cc(NC)c(-c2c[nH]c3c(O)nc(C)nc23)c(NC)c1. The number of rotatable bonds is 4.